The van der Waals surface area contributed by atoms with E-state index in [9.17, 15) is 0 Å². The highest BCUT2D eigenvalue weighted by molar-refractivity contribution is 7.99. The van der Waals surface area contributed by atoms with E-state index in [1.54, 1.807) is 0 Å². The summed E-state index contributed by atoms with van der Waals surface area (Å²) in [6.45, 7) is 9.95. The summed E-state index contributed by atoms with van der Waals surface area (Å²) in [5.41, 5.74) is 0.353. The van der Waals surface area contributed by atoms with Crippen LogP contribution in [0.25, 0.3) is 0 Å². The molecule has 2 saturated carbocycles. The highest BCUT2D eigenvalue weighted by atomic mass is 32.2. The van der Waals surface area contributed by atoms with E-state index in [1.165, 1.54) is 37.9 Å². The number of hydrogen-bond donors (Lipinski definition) is 1. The van der Waals surface area contributed by atoms with Crippen LogP contribution >= 0.6 is 11.8 Å². The molecule has 0 saturated heterocycles. The zero-order valence-corrected chi connectivity index (χ0v) is 13.9. The smallest absolute Gasteiger partial charge is 0.0658 e. The number of nitrogens with one attached hydrogen (secondary N) is 1. The number of thioether (sulfide) groups is 1. The van der Waals surface area contributed by atoms with Crippen molar-refractivity contribution in [1.82, 2.24) is 5.32 Å². The lowest BCUT2D eigenvalue weighted by molar-refractivity contribution is -0.127. The van der Waals surface area contributed by atoms with Crippen molar-refractivity contribution in [2.75, 3.05) is 12.4 Å². The van der Waals surface area contributed by atoms with Crippen LogP contribution in [0.15, 0.2) is 0 Å². The van der Waals surface area contributed by atoms with Gasteiger partial charge in [-0.3, -0.25) is 0 Å². The summed E-state index contributed by atoms with van der Waals surface area (Å²) in [4.78, 5) is 0. The van der Waals surface area contributed by atoms with Gasteiger partial charge >= 0.3 is 0 Å². The van der Waals surface area contributed by atoms with Gasteiger partial charge in [-0.1, -0.05) is 20.8 Å². The summed E-state index contributed by atoms with van der Waals surface area (Å²) in [6.07, 6.45) is 7.04. The quantitative estimate of drug-likeness (QED) is 0.768. The average Bonchev–Trinajstić information content (AvgIpc) is 2.84. The predicted molar refractivity (Wildman–Crippen MR) is 84.9 cm³/mol. The number of rotatable bonds is 7. The van der Waals surface area contributed by atoms with Crippen molar-refractivity contribution in [3.8, 4) is 0 Å². The van der Waals surface area contributed by atoms with Crippen molar-refractivity contribution in [3.63, 3.8) is 0 Å². The molecule has 5 unspecified atom stereocenters. The molecular formula is C16H31NOS. The highest BCUT2D eigenvalue weighted by Crippen LogP contribution is 2.46. The summed E-state index contributed by atoms with van der Waals surface area (Å²) in [5.74, 6) is 1.26. The van der Waals surface area contributed by atoms with Gasteiger partial charge < -0.3 is 10.1 Å². The lowest BCUT2D eigenvalue weighted by Crippen LogP contribution is -2.63. The summed E-state index contributed by atoms with van der Waals surface area (Å²) >= 11 is 2.14. The van der Waals surface area contributed by atoms with E-state index in [0.29, 0.717) is 17.6 Å². The molecule has 0 radical (unpaired) electrons. The maximum absolute atomic E-state index is 5.89. The molecule has 3 heteroatoms. The first-order valence-corrected chi connectivity index (χ1v) is 9.18. The first-order chi connectivity index (χ1) is 9.13. The van der Waals surface area contributed by atoms with Gasteiger partial charge in [-0.25, -0.2) is 0 Å². The lowest BCUT2D eigenvalue weighted by Gasteiger charge is -2.54. The van der Waals surface area contributed by atoms with Crippen molar-refractivity contribution < 1.29 is 4.74 Å². The second-order valence-corrected chi connectivity index (χ2v) is 7.92. The fraction of sp³-hybridized carbons (Fsp3) is 1.00. The van der Waals surface area contributed by atoms with Crippen LogP contribution in [-0.2, 0) is 4.74 Å². The highest BCUT2D eigenvalue weighted by Gasteiger charge is 2.51. The van der Waals surface area contributed by atoms with Crippen LogP contribution in [0.1, 0.15) is 59.8 Å². The van der Waals surface area contributed by atoms with Crippen molar-refractivity contribution in [2.24, 2.45) is 5.41 Å². The van der Waals surface area contributed by atoms with Gasteiger partial charge in [0.2, 0.25) is 0 Å². The first kappa shape index (κ1) is 15.7. The van der Waals surface area contributed by atoms with Crippen LogP contribution in [-0.4, -0.2) is 35.8 Å². The molecule has 112 valence electrons. The van der Waals surface area contributed by atoms with Crippen molar-refractivity contribution in [1.29, 1.82) is 0 Å². The minimum atomic E-state index is 0.353. The van der Waals surface area contributed by atoms with Gasteiger partial charge in [0.05, 0.1) is 6.10 Å². The Morgan fingerprint density at radius 3 is 2.63 bits per heavy atom. The van der Waals surface area contributed by atoms with Crippen LogP contribution in [0.5, 0.6) is 0 Å². The molecule has 2 aliphatic carbocycles. The molecule has 0 aromatic rings. The van der Waals surface area contributed by atoms with E-state index >= 15 is 0 Å². The van der Waals surface area contributed by atoms with Crippen LogP contribution in [0, 0.1) is 5.41 Å². The minimum Gasteiger partial charge on any atom is -0.378 e. The average molecular weight is 285 g/mol. The molecule has 0 aliphatic heterocycles. The van der Waals surface area contributed by atoms with Gasteiger partial charge in [-0.2, -0.15) is 11.8 Å². The third kappa shape index (κ3) is 3.30. The van der Waals surface area contributed by atoms with E-state index < -0.39 is 0 Å². The van der Waals surface area contributed by atoms with Gasteiger partial charge in [-0.05, 0) is 44.8 Å². The Balaban J connectivity index is 1.81. The SMILES string of the molecule is CCOC1CC(NC2CCC(SCC)C2)C1(C)CC. The Kier molecular flexibility index (Phi) is 5.62. The molecule has 0 spiro atoms. The van der Waals surface area contributed by atoms with Gasteiger partial charge in [0.1, 0.15) is 0 Å². The Labute approximate surface area is 123 Å². The summed E-state index contributed by atoms with van der Waals surface area (Å²) in [6, 6.07) is 1.42. The molecule has 0 aromatic carbocycles. The van der Waals surface area contributed by atoms with E-state index in [2.05, 4.69) is 44.8 Å². The first-order valence-electron chi connectivity index (χ1n) is 8.13. The molecule has 0 bridgehead atoms. The monoisotopic (exact) mass is 285 g/mol. The van der Waals surface area contributed by atoms with Crippen LogP contribution in [0.4, 0.5) is 0 Å². The Morgan fingerprint density at radius 1 is 1.21 bits per heavy atom. The predicted octanol–water partition coefficient (Wildman–Crippen LogP) is 3.84. The molecule has 5 atom stereocenters. The molecule has 0 amide bonds. The summed E-state index contributed by atoms with van der Waals surface area (Å²) in [7, 11) is 0. The Bertz CT molecular complexity index is 286. The number of ether oxygens (including phenoxy) is 1. The molecular weight excluding hydrogens is 254 g/mol. The fourth-order valence-electron chi connectivity index (χ4n) is 3.77. The maximum Gasteiger partial charge on any atom is 0.0658 e. The molecule has 1 N–H and O–H groups in total. The van der Waals surface area contributed by atoms with Crippen molar-refractivity contribution in [2.45, 2.75) is 83.2 Å². The van der Waals surface area contributed by atoms with E-state index in [-0.39, 0.29) is 0 Å². The normalized spacial score (nSPS) is 42.3. The van der Waals surface area contributed by atoms with Gasteiger partial charge in [0.25, 0.3) is 0 Å². The molecule has 2 nitrogen and oxygen atoms in total. The van der Waals surface area contributed by atoms with Crippen LogP contribution in [0.3, 0.4) is 0 Å². The fourth-order valence-corrected chi connectivity index (χ4v) is 4.91. The van der Waals surface area contributed by atoms with E-state index in [4.69, 9.17) is 4.74 Å². The third-order valence-electron chi connectivity index (χ3n) is 5.33. The Hall–Kier alpha value is 0.270. The van der Waals surface area contributed by atoms with Crippen LogP contribution < -0.4 is 5.32 Å². The van der Waals surface area contributed by atoms with Gasteiger partial charge in [0.15, 0.2) is 0 Å². The molecule has 0 aromatic heterocycles. The summed E-state index contributed by atoms with van der Waals surface area (Å²) < 4.78 is 5.89. The Morgan fingerprint density at radius 2 is 2.00 bits per heavy atom. The second-order valence-electron chi connectivity index (χ2n) is 6.35. The molecule has 0 heterocycles. The van der Waals surface area contributed by atoms with E-state index in [1.807, 2.05) is 0 Å². The van der Waals surface area contributed by atoms with Gasteiger partial charge in [-0.15, -0.1) is 0 Å². The second kappa shape index (κ2) is 6.82. The zero-order valence-electron chi connectivity index (χ0n) is 13.1. The largest absolute Gasteiger partial charge is 0.378 e. The zero-order chi connectivity index (χ0) is 13.9. The molecule has 2 fully saturated rings. The summed E-state index contributed by atoms with van der Waals surface area (Å²) in [5, 5.41) is 4.84. The van der Waals surface area contributed by atoms with Gasteiger partial charge in [0, 0.05) is 29.4 Å². The molecule has 19 heavy (non-hydrogen) atoms. The van der Waals surface area contributed by atoms with E-state index in [0.717, 1.165) is 17.9 Å². The van der Waals surface area contributed by atoms with Crippen LogP contribution in [0.2, 0.25) is 0 Å². The molecule has 2 aliphatic rings. The van der Waals surface area contributed by atoms with Crippen molar-refractivity contribution >= 4 is 11.8 Å². The lowest BCUT2D eigenvalue weighted by atomic mass is 9.61. The van der Waals surface area contributed by atoms with Crippen molar-refractivity contribution in [3.05, 3.63) is 0 Å². The minimum absolute atomic E-state index is 0.353. The maximum atomic E-state index is 5.89. The third-order valence-corrected chi connectivity index (χ3v) is 6.57. The topological polar surface area (TPSA) is 21.3 Å². The standard InChI is InChI=1S/C16H31NOS/c1-5-16(4)14(11-15(16)18-6-2)17-12-8-9-13(10-12)19-7-3/h12-15,17H,5-11H2,1-4H3. The number of hydrogen-bond acceptors (Lipinski definition) is 3. The molecule has 2 rings (SSSR count).